The van der Waals surface area contributed by atoms with Gasteiger partial charge in [0, 0.05) is 31.4 Å². The summed E-state index contributed by atoms with van der Waals surface area (Å²) in [5.74, 6) is 0. The number of hydrogen-bond donors (Lipinski definition) is 1. The molecule has 1 atom stereocenters. The topological polar surface area (TPSA) is 32.5 Å². The summed E-state index contributed by atoms with van der Waals surface area (Å²) in [6.07, 6.45) is 2.19. The number of hydrogen-bond acceptors (Lipinski definition) is 3. The molecule has 3 heteroatoms. The molecular weight excluding hydrogens is 234 g/mol. The Balaban J connectivity index is 2.22. The number of nitrogens with zero attached hydrogens (tertiary/aromatic N) is 2. The molecule has 0 aliphatic carbocycles. The number of piperazine rings is 1. The smallest absolute Gasteiger partial charge is 0.0429 e. The molecule has 1 aromatic carbocycles. The molecule has 2 N–H and O–H groups in total. The van der Waals surface area contributed by atoms with Crippen LogP contribution in [0.2, 0.25) is 0 Å². The van der Waals surface area contributed by atoms with Gasteiger partial charge in [0.1, 0.15) is 0 Å². The van der Waals surface area contributed by atoms with E-state index in [2.05, 4.69) is 48.9 Å². The van der Waals surface area contributed by atoms with Gasteiger partial charge < -0.3 is 10.6 Å². The number of nitrogens with two attached hydrogens (primary N) is 1. The molecule has 1 fully saturated rings. The summed E-state index contributed by atoms with van der Waals surface area (Å²) < 4.78 is 0. The van der Waals surface area contributed by atoms with Gasteiger partial charge in [-0.15, -0.1) is 0 Å². The molecule has 1 aromatic rings. The third kappa shape index (κ3) is 3.10. The Morgan fingerprint density at radius 1 is 1.32 bits per heavy atom. The van der Waals surface area contributed by atoms with Crippen molar-refractivity contribution >= 4 is 5.69 Å². The number of benzene rings is 1. The van der Waals surface area contributed by atoms with Crippen molar-refractivity contribution in [2.24, 2.45) is 5.73 Å². The highest BCUT2D eigenvalue weighted by Crippen LogP contribution is 2.28. The molecule has 2 rings (SSSR count). The fourth-order valence-corrected chi connectivity index (χ4v) is 3.11. The van der Waals surface area contributed by atoms with Crippen LogP contribution < -0.4 is 10.6 Å². The molecule has 1 saturated heterocycles. The SMILES string of the molecule is CCc1cccc(C)c1N1CCN(C)C(CCN)C1. The second-order valence-electron chi connectivity index (χ2n) is 5.59. The molecule has 0 saturated carbocycles. The van der Waals surface area contributed by atoms with Crippen molar-refractivity contribution in [3.8, 4) is 0 Å². The summed E-state index contributed by atoms with van der Waals surface area (Å²) in [6, 6.07) is 7.25. The van der Waals surface area contributed by atoms with Crippen LogP contribution in [0.25, 0.3) is 0 Å². The lowest BCUT2D eigenvalue weighted by molar-refractivity contribution is 0.210. The van der Waals surface area contributed by atoms with Crippen LogP contribution in [0.15, 0.2) is 18.2 Å². The maximum atomic E-state index is 5.75. The van der Waals surface area contributed by atoms with Crippen molar-refractivity contribution in [3.63, 3.8) is 0 Å². The summed E-state index contributed by atoms with van der Waals surface area (Å²) >= 11 is 0. The monoisotopic (exact) mass is 261 g/mol. The van der Waals surface area contributed by atoms with Crippen molar-refractivity contribution in [2.45, 2.75) is 32.7 Å². The van der Waals surface area contributed by atoms with E-state index in [1.165, 1.54) is 16.8 Å². The van der Waals surface area contributed by atoms with E-state index in [1.807, 2.05) is 0 Å². The Kier molecular flexibility index (Phi) is 4.83. The Morgan fingerprint density at radius 3 is 2.79 bits per heavy atom. The lowest BCUT2D eigenvalue weighted by Gasteiger charge is -2.42. The van der Waals surface area contributed by atoms with E-state index in [4.69, 9.17) is 5.73 Å². The van der Waals surface area contributed by atoms with Crippen molar-refractivity contribution in [1.82, 2.24) is 4.90 Å². The van der Waals surface area contributed by atoms with E-state index >= 15 is 0 Å². The molecule has 0 spiro atoms. The average molecular weight is 261 g/mol. The molecule has 106 valence electrons. The van der Waals surface area contributed by atoms with E-state index in [9.17, 15) is 0 Å². The zero-order chi connectivity index (χ0) is 13.8. The number of anilines is 1. The molecule has 1 aliphatic heterocycles. The first-order valence-electron chi connectivity index (χ1n) is 7.41. The summed E-state index contributed by atoms with van der Waals surface area (Å²) in [6.45, 7) is 8.59. The first kappa shape index (κ1) is 14.4. The third-order valence-corrected chi connectivity index (χ3v) is 4.30. The van der Waals surface area contributed by atoms with Crippen LogP contribution in [0.3, 0.4) is 0 Å². The molecule has 3 nitrogen and oxygen atoms in total. The number of likely N-dealkylation sites (N-methyl/N-ethyl adjacent to an activating group) is 1. The summed E-state index contributed by atoms with van der Waals surface area (Å²) in [7, 11) is 2.22. The van der Waals surface area contributed by atoms with Gasteiger partial charge in [0.2, 0.25) is 0 Å². The Morgan fingerprint density at radius 2 is 2.11 bits per heavy atom. The Bertz CT molecular complexity index is 416. The maximum absolute atomic E-state index is 5.75. The molecule has 0 bridgehead atoms. The minimum Gasteiger partial charge on any atom is -0.368 e. The first-order valence-corrected chi connectivity index (χ1v) is 7.41. The lowest BCUT2D eigenvalue weighted by atomic mass is 10.0. The molecule has 1 heterocycles. The second-order valence-corrected chi connectivity index (χ2v) is 5.59. The van der Waals surface area contributed by atoms with Gasteiger partial charge in [0.15, 0.2) is 0 Å². The fraction of sp³-hybridized carbons (Fsp3) is 0.625. The van der Waals surface area contributed by atoms with E-state index in [0.717, 1.165) is 39.0 Å². The van der Waals surface area contributed by atoms with Gasteiger partial charge in [-0.2, -0.15) is 0 Å². The Labute approximate surface area is 117 Å². The summed E-state index contributed by atoms with van der Waals surface area (Å²) in [5, 5.41) is 0. The molecule has 0 aromatic heterocycles. The van der Waals surface area contributed by atoms with E-state index in [1.54, 1.807) is 0 Å². The zero-order valence-corrected chi connectivity index (χ0v) is 12.5. The van der Waals surface area contributed by atoms with Gasteiger partial charge in [-0.3, -0.25) is 4.90 Å². The van der Waals surface area contributed by atoms with Gasteiger partial charge in [-0.25, -0.2) is 0 Å². The largest absolute Gasteiger partial charge is 0.368 e. The van der Waals surface area contributed by atoms with Crippen LogP contribution in [0.4, 0.5) is 5.69 Å². The second kappa shape index (κ2) is 6.40. The maximum Gasteiger partial charge on any atom is 0.0429 e. The van der Waals surface area contributed by atoms with Gasteiger partial charge in [0.25, 0.3) is 0 Å². The van der Waals surface area contributed by atoms with Crippen LogP contribution in [0.5, 0.6) is 0 Å². The van der Waals surface area contributed by atoms with Crippen molar-refractivity contribution < 1.29 is 0 Å². The highest BCUT2D eigenvalue weighted by Gasteiger charge is 2.25. The molecule has 0 amide bonds. The number of rotatable bonds is 4. The third-order valence-electron chi connectivity index (χ3n) is 4.30. The van der Waals surface area contributed by atoms with Crippen LogP contribution in [0.1, 0.15) is 24.5 Å². The van der Waals surface area contributed by atoms with E-state index in [0.29, 0.717) is 6.04 Å². The van der Waals surface area contributed by atoms with Crippen LogP contribution in [-0.2, 0) is 6.42 Å². The van der Waals surface area contributed by atoms with Crippen molar-refractivity contribution in [2.75, 3.05) is 38.1 Å². The molecule has 1 unspecified atom stereocenters. The summed E-state index contributed by atoms with van der Waals surface area (Å²) in [5.41, 5.74) is 10.1. The highest BCUT2D eigenvalue weighted by atomic mass is 15.3. The van der Waals surface area contributed by atoms with Gasteiger partial charge in [-0.05, 0) is 44.5 Å². The minimum absolute atomic E-state index is 0.586. The van der Waals surface area contributed by atoms with Crippen molar-refractivity contribution in [1.29, 1.82) is 0 Å². The highest BCUT2D eigenvalue weighted by molar-refractivity contribution is 5.59. The van der Waals surface area contributed by atoms with E-state index < -0.39 is 0 Å². The van der Waals surface area contributed by atoms with Crippen molar-refractivity contribution in [3.05, 3.63) is 29.3 Å². The molecule has 1 aliphatic rings. The first-order chi connectivity index (χ1) is 9.17. The normalized spacial score (nSPS) is 20.8. The number of para-hydroxylation sites is 1. The molecular formula is C16H27N3. The Hall–Kier alpha value is -1.06. The molecule has 0 radical (unpaired) electrons. The molecule has 19 heavy (non-hydrogen) atoms. The standard InChI is InChI=1S/C16H27N3/c1-4-14-7-5-6-13(2)16(14)19-11-10-18(3)15(12-19)8-9-17/h5-7,15H,4,8-12,17H2,1-3H3. The van der Waals surface area contributed by atoms with Gasteiger partial charge >= 0.3 is 0 Å². The quantitative estimate of drug-likeness (QED) is 0.900. The van der Waals surface area contributed by atoms with Crippen LogP contribution >= 0.6 is 0 Å². The predicted molar refractivity (Wildman–Crippen MR) is 82.9 cm³/mol. The predicted octanol–water partition coefficient (Wildman–Crippen LogP) is 2.03. The number of aryl methyl sites for hydroxylation is 2. The lowest BCUT2D eigenvalue weighted by Crippen LogP contribution is -2.52. The fourth-order valence-electron chi connectivity index (χ4n) is 3.11. The zero-order valence-electron chi connectivity index (χ0n) is 12.5. The van der Waals surface area contributed by atoms with Gasteiger partial charge in [0.05, 0.1) is 0 Å². The van der Waals surface area contributed by atoms with Crippen LogP contribution in [0, 0.1) is 6.92 Å². The van der Waals surface area contributed by atoms with Crippen LogP contribution in [-0.4, -0.2) is 44.2 Å². The average Bonchev–Trinajstić information content (AvgIpc) is 2.41. The minimum atomic E-state index is 0.586. The summed E-state index contributed by atoms with van der Waals surface area (Å²) in [4.78, 5) is 5.02. The van der Waals surface area contributed by atoms with E-state index in [-0.39, 0.29) is 0 Å². The van der Waals surface area contributed by atoms with Gasteiger partial charge in [-0.1, -0.05) is 25.1 Å².